The van der Waals surface area contributed by atoms with Gasteiger partial charge in [0.05, 0.1) is 22.3 Å². The molecule has 0 saturated heterocycles. The van der Waals surface area contributed by atoms with E-state index in [2.05, 4.69) is 60.2 Å². The quantitative estimate of drug-likeness (QED) is 0.437. The molecule has 1 N–H and O–H groups in total. The Bertz CT molecular complexity index is 1320. The highest BCUT2D eigenvalue weighted by atomic mass is 79.9. The molecule has 2 aliphatic rings. The second-order valence-electron chi connectivity index (χ2n) is 9.53. The van der Waals surface area contributed by atoms with Gasteiger partial charge in [0.15, 0.2) is 0 Å². The molecule has 0 aromatic heterocycles. The van der Waals surface area contributed by atoms with E-state index in [0.717, 1.165) is 27.0 Å². The van der Waals surface area contributed by atoms with Gasteiger partial charge in [-0.15, -0.1) is 0 Å². The lowest BCUT2D eigenvalue weighted by Gasteiger charge is -2.51. The first-order valence-electron chi connectivity index (χ1n) is 10.9. The molecule has 0 fully saturated rings. The van der Waals surface area contributed by atoms with E-state index >= 15 is 0 Å². The zero-order chi connectivity index (χ0) is 22.8. The summed E-state index contributed by atoms with van der Waals surface area (Å²) in [5.74, 6) is 0.0684. The first kappa shape index (κ1) is 21.5. The average Bonchev–Trinajstić information content (AvgIpc) is 2.74. The van der Waals surface area contributed by atoms with Crippen LogP contribution in [0.15, 0.2) is 70.0 Å². The predicted molar refractivity (Wildman–Crippen MR) is 134 cm³/mol. The van der Waals surface area contributed by atoms with Crippen molar-refractivity contribution < 1.29 is 8.42 Å². The number of fused-ring (bicyclic) bond motifs is 4. The molecular formula is C26H27BrN2O2S. The maximum absolute atomic E-state index is 13.8. The standard InChI is InChI=1S/C26H27BrN2O2S/c1-16-9-11-18(12-10-16)32(30,31)29-15-21-24(19-7-5-6-8-23(19)29)28-25-20(26(21,3)4)13-17(2)14-22(25)27/h5-14,21,24,28H,15H2,1-4H3/t21-,24+/m1/s1. The molecule has 0 amide bonds. The van der Waals surface area contributed by atoms with Crippen LogP contribution in [0, 0.1) is 19.8 Å². The average molecular weight is 511 g/mol. The highest BCUT2D eigenvalue weighted by Crippen LogP contribution is 2.55. The lowest BCUT2D eigenvalue weighted by atomic mass is 9.64. The van der Waals surface area contributed by atoms with Crippen LogP contribution in [0.2, 0.25) is 0 Å². The first-order valence-corrected chi connectivity index (χ1v) is 13.1. The topological polar surface area (TPSA) is 49.4 Å². The predicted octanol–water partition coefficient (Wildman–Crippen LogP) is 6.34. The number of hydrogen-bond acceptors (Lipinski definition) is 3. The Balaban J connectivity index is 1.68. The van der Waals surface area contributed by atoms with Gasteiger partial charge in [0.25, 0.3) is 10.0 Å². The number of aryl methyl sites for hydroxylation is 2. The summed E-state index contributed by atoms with van der Waals surface area (Å²) in [6, 6.07) is 19.4. The Hall–Kier alpha value is -2.31. The Morgan fingerprint density at radius 1 is 1.00 bits per heavy atom. The summed E-state index contributed by atoms with van der Waals surface area (Å²) in [6.45, 7) is 8.95. The van der Waals surface area contributed by atoms with Gasteiger partial charge in [-0.1, -0.05) is 55.8 Å². The second kappa shape index (κ2) is 7.35. The fraction of sp³-hybridized carbons (Fsp3) is 0.308. The first-order chi connectivity index (χ1) is 15.1. The van der Waals surface area contributed by atoms with Gasteiger partial charge in [-0.25, -0.2) is 8.42 Å². The Labute approximate surface area is 198 Å². The Kier molecular flexibility index (Phi) is 4.95. The number of hydrogen-bond donors (Lipinski definition) is 1. The van der Waals surface area contributed by atoms with Gasteiger partial charge in [0, 0.05) is 16.9 Å². The molecule has 3 aromatic rings. The zero-order valence-electron chi connectivity index (χ0n) is 18.7. The van der Waals surface area contributed by atoms with Gasteiger partial charge in [-0.3, -0.25) is 4.31 Å². The van der Waals surface area contributed by atoms with E-state index < -0.39 is 10.0 Å². The fourth-order valence-electron chi connectivity index (χ4n) is 5.22. The minimum atomic E-state index is -3.69. The Morgan fingerprint density at radius 2 is 1.69 bits per heavy atom. The van der Waals surface area contributed by atoms with Crippen molar-refractivity contribution in [2.75, 3.05) is 16.2 Å². The molecule has 0 bridgehead atoms. The van der Waals surface area contributed by atoms with Crippen LogP contribution >= 0.6 is 15.9 Å². The van der Waals surface area contributed by atoms with E-state index in [0.29, 0.717) is 11.4 Å². The van der Waals surface area contributed by atoms with E-state index in [9.17, 15) is 8.42 Å². The third kappa shape index (κ3) is 3.19. The molecule has 4 nitrogen and oxygen atoms in total. The molecule has 166 valence electrons. The van der Waals surface area contributed by atoms with Crippen LogP contribution in [0.1, 0.15) is 42.1 Å². The summed E-state index contributed by atoms with van der Waals surface area (Å²) in [4.78, 5) is 0.330. The summed E-state index contributed by atoms with van der Waals surface area (Å²) in [5.41, 5.74) is 6.09. The summed E-state index contributed by atoms with van der Waals surface area (Å²) < 4.78 is 30.3. The van der Waals surface area contributed by atoms with Crippen molar-refractivity contribution in [3.05, 3.63) is 87.4 Å². The van der Waals surface area contributed by atoms with Gasteiger partial charge < -0.3 is 5.32 Å². The van der Waals surface area contributed by atoms with Crippen molar-refractivity contribution in [2.45, 2.75) is 44.0 Å². The van der Waals surface area contributed by atoms with Crippen LogP contribution in [-0.2, 0) is 15.4 Å². The third-order valence-corrected chi connectivity index (χ3v) is 9.49. The highest BCUT2D eigenvalue weighted by Gasteiger charge is 2.49. The summed E-state index contributed by atoms with van der Waals surface area (Å²) in [6.07, 6.45) is 0. The summed E-state index contributed by atoms with van der Waals surface area (Å²) in [7, 11) is -3.69. The Morgan fingerprint density at radius 3 is 2.41 bits per heavy atom. The molecule has 32 heavy (non-hydrogen) atoms. The lowest BCUT2D eigenvalue weighted by Crippen LogP contribution is -2.52. The van der Waals surface area contributed by atoms with Gasteiger partial charge in [0.2, 0.25) is 0 Å². The van der Waals surface area contributed by atoms with Crippen molar-refractivity contribution in [3.63, 3.8) is 0 Å². The molecule has 0 radical (unpaired) electrons. The van der Waals surface area contributed by atoms with E-state index in [1.54, 1.807) is 16.4 Å². The van der Waals surface area contributed by atoms with E-state index in [4.69, 9.17) is 0 Å². The number of benzene rings is 3. The van der Waals surface area contributed by atoms with Crippen LogP contribution < -0.4 is 9.62 Å². The minimum Gasteiger partial charge on any atom is -0.377 e. The molecule has 5 rings (SSSR count). The smallest absolute Gasteiger partial charge is 0.264 e. The van der Waals surface area contributed by atoms with Crippen molar-refractivity contribution in [1.29, 1.82) is 0 Å². The molecule has 0 unspecified atom stereocenters. The number of rotatable bonds is 2. The van der Waals surface area contributed by atoms with E-state index in [1.165, 1.54) is 11.1 Å². The SMILES string of the molecule is Cc1ccc(S(=O)(=O)N2C[C@@H]3[C@@H](Nc4c(Br)cc(C)cc4C3(C)C)c3ccccc32)cc1. The number of nitrogens with one attached hydrogen (secondary N) is 1. The number of para-hydroxylation sites is 1. The molecule has 3 aromatic carbocycles. The minimum absolute atomic E-state index is 0.0252. The number of anilines is 2. The highest BCUT2D eigenvalue weighted by molar-refractivity contribution is 9.10. The zero-order valence-corrected chi connectivity index (χ0v) is 21.1. The van der Waals surface area contributed by atoms with Crippen molar-refractivity contribution in [3.8, 4) is 0 Å². The van der Waals surface area contributed by atoms with Crippen LogP contribution in [-0.4, -0.2) is 15.0 Å². The summed E-state index contributed by atoms with van der Waals surface area (Å²) >= 11 is 3.75. The molecule has 2 aliphatic heterocycles. The molecular weight excluding hydrogens is 484 g/mol. The van der Waals surface area contributed by atoms with Crippen LogP contribution in [0.25, 0.3) is 0 Å². The molecule has 0 saturated carbocycles. The van der Waals surface area contributed by atoms with Gasteiger partial charge in [0.1, 0.15) is 0 Å². The number of halogens is 1. The van der Waals surface area contributed by atoms with E-state index in [-0.39, 0.29) is 17.4 Å². The van der Waals surface area contributed by atoms with Crippen molar-refractivity contribution in [2.24, 2.45) is 5.92 Å². The lowest BCUT2D eigenvalue weighted by molar-refractivity contribution is 0.269. The molecule has 2 atom stereocenters. The van der Waals surface area contributed by atoms with Crippen LogP contribution in [0.5, 0.6) is 0 Å². The normalized spacial score (nSPS) is 21.2. The van der Waals surface area contributed by atoms with Crippen LogP contribution in [0.3, 0.4) is 0 Å². The molecule has 2 heterocycles. The van der Waals surface area contributed by atoms with Gasteiger partial charge in [-0.05, 0) is 76.1 Å². The van der Waals surface area contributed by atoms with Gasteiger partial charge in [-0.2, -0.15) is 0 Å². The van der Waals surface area contributed by atoms with Crippen molar-refractivity contribution >= 4 is 37.3 Å². The van der Waals surface area contributed by atoms with Gasteiger partial charge >= 0.3 is 0 Å². The molecule has 6 heteroatoms. The van der Waals surface area contributed by atoms with Crippen LogP contribution in [0.4, 0.5) is 11.4 Å². The number of sulfonamides is 1. The maximum atomic E-state index is 13.8. The number of nitrogens with zero attached hydrogens (tertiary/aromatic N) is 1. The molecule has 0 aliphatic carbocycles. The third-order valence-electron chi connectivity index (χ3n) is 7.07. The summed E-state index contributed by atoms with van der Waals surface area (Å²) in [5, 5.41) is 3.76. The fourth-order valence-corrected chi connectivity index (χ4v) is 7.42. The molecule has 0 spiro atoms. The van der Waals surface area contributed by atoms with E-state index in [1.807, 2.05) is 37.3 Å². The second-order valence-corrected chi connectivity index (χ2v) is 12.2. The monoisotopic (exact) mass is 510 g/mol. The maximum Gasteiger partial charge on any atom is 0.264 e. The van der Waals surface area contributed by atoms with Crippen molar-refractivity contribution in [1.82, 2.24) is 0 Å². The largest absolute Gasteiger partial charge is 0.377 e.